The summed E-state index contributed by atoms with van der Waals surface area (Å²) in [6.45, 7) is 0.0545. The summed E-state index contributed by atoms with van der Waals surface area (Å²) in [5.74, 6) is -3.37. The molecule has 3 aromatic heterocycles. The molecule has 1 aliphatic rings. The Morgan fingerprint density at radius 2 is 2.05 bits per heavy atom. The number of methoxy groups -OCH3 is 2. The average Bonchev–Trinajstić information content (AvgIpc) is 3.69. The molecule has 1 saturated heterocycles. The highest BCUT2D eigenvalue weighted by atomic mass is 19.3. The van der Waals surface area contributed by atoms with Gasteiger partial charge in [-0.05, 0) is 34.2 Å². The maximum absolute atomic E-state index is 15.1. The Kier molecular flexibility index (Phi) is 7.64. The summed E-state index contributed by atoms with van der Waals surface area (Å²) >= 11 is 0. The average molecular weight is 558 g/mol. The summed E-state index contributed by atoms with van der Waals surface area (Å²) in [5.41, 5.74) is 1.86. The molecule has 0 atom stereocenters. The first-order valence-electron chi connectivity index (χ1n) is 12.3. The number of anilines is 1. The van der Waals surface area contributed by atoms with Crippen molar-refractivity contribution in [3.63, 3.8) is 0 Å². The third-order valence-electron chi connectivity index (χ3n) is 6.44. The molecule has 4 aromatic rings. The van der Waals surface area contributed by atoms with Crippen LogP contribution in [0.1, 0.15) is 33.6 Å². The zero-order valence-electron chi connectivity index (χ0n) is 21.7. The molecule has 40 heavy (non-hydrogen) atoms. The highest BCUT2D eigenvalue weighted by Crippen LogP contribution is 2.30. The molecule has 1 amide bonds. The molecule has 1 aromatic carbocycles. The summed E-state index contributed by atoms with van der Waals surface area (Å²) in [5, 5.41) is 18.2. The number of rotatable bonds is 10. The van der Waals surface area contributed by atoms with Gasteiger partial charge in [0.2, 0.25) is 0 Å². The number of amides is 1. The fraction of sp³-hybridized carbons (Fsp3) is 0.360. The van der Waals surface area contributed by atoms with Crippen molar-refractivity contribution in [3.05, 3.63) is 71.2 Å². The minimum Gasteiger partial charge on any atom is -0.494 e. The second-order valence-corrected chi connectivity index (χ2v) is 9.19. The fourth-order valence-corrected chi connectivity index (χ4v) is 4.46. The Hall–Kier alpha value is -4.53. The Morgan fingerprint density at radius 3 is 2.70 bits per heavy atom. The number of pyridine rings is 1. The molecule has 1 fully saturated rings. The molecule has 0 aliphatic carbocycles. The molecule has 0 unspecified atom stereocenters. The second-order valence-electron chi connectivity index (χ2n) is 9.19. The Labute approximate surface area is 226 Å². The van der Waals surface area contributed by atoms with Gasteiger partial charge in [0.05, 0.1) is 38.1 Å². The smallest absolute Gasteiger partial charge is 0.266 e. The Balaban J connectivity index is 1.31. The molecule has 15 heteroatoms. The van der Waals surface area contributed by atoms with Crippen LogP contribution in [0, 0.1) is 5.82 Å². The number of alkyl halides is 2. The zero-order chi connectivity index (χ0) is 28.3. The lowest BCUT2D eigenvalue weighted by molar-refractivity contribution is 0.0256. The van der Waals surface area contributed by atoms with Crippen LogP contribution < -0.4 is 15.0 Å². The van der Waals surface area contributed by atoms with E-state index < -0.39 is 17.6 Å². The van der Waals surface area contributed by atoms with Crippen LogP contribution in [0.3, 0.4) is 0 Å². The predicted octanol–water partition coefficient (Wildman–Crippen LogP) is 2.37. The van der Waals surface area contributed by atoms with Gasteiger partial charge in [-0.3, -0.25) is 9.48 Å². The van der Waals surface area contributed by atoms with E-state index in [2.05, 4.69) is 30.9 Å². The van der Waals surface area contributed by atoms with Gasteiger partial charge in [-0.25, -0.2) is 22.8 Å². The molecular weight excluding hydrogens is 531 g/mol. The van der Waals surface area contributed by atoms with Crippen LogP contribution in [0.25, 0.3) is 5.69 Å². The topological polar surface area (TPSA) is 125 Å². The predicted molar refractivity (Wildman–Crippen MR) is 135 cm³/mol. The number of ether oxygens (including phenoxy) is 2. The van der Waals surface area contributed by atoms with Crippen LogP contribution in [-0.2, 0) is 24.4 Å². The van der Waals surface area contributed by atoms with E-state index in [1.807, 2.05) is 0 Å². The fourth-order valence-electron chi connectivity index (χ4n) is 4.46. The zero-order valence-corrected chi connectivity index (χ0v) is 21.7. The normalized spacial score (nSPS) is 14.5. The van der Waals surface area contributed by atoms with Crippen LogP contribution in [0.5, 0.6) is 5.75 Å². The number of nitrogens with one attached hydrogen (secondary N) is 1. The first kappa shape index (κ1) is 27.1. The van der Waals surface area contributed by atoms with Gasteiger partial charge in [0.25, 0.3) is 11.8 Å². The Morgan fingerprint density at radius 1 is 1.20 bits per heavy atom. The van der Waals surface area contributed by atoms with Gasteiger partial charge in [-0.15, -0.1) is 5.10 Å². The van der Waals surface area contributed by atoms with Crippen LogP contribution >= 0.6 is 0 Å². The van der Waals surface area contributed by atoms with Crippen LogP contribution in [0.15, 0.2) is 43.0 Å². The number of benzene rings is 1. The van der Waals surface area contributed by atoms with Gasteiger partial charge >= 0.3 is 0 Å². The van der Waals surface area contributed by atoms with E-state index in [0.717, 1.165) is 5.56 Å². The highest BCUT2D eigenvalue weighted by Gasteiger charge is 2.38. The molecular formula is C25H26F3N9O3. The van der Waals surface area contributed by atoms with Gasteiger partial charge in [-0.2, -0.15) is 5.10 Å². The van der Waals surface area contributed by atoms with Crippen molar-refractivity contribution in [2.75, 3.05) is 32.2 Å². The molecule has 1 aliphatic heterocycles. The number of nitrogens with zero attached hydrogens (tertiary/aromatic N) is 8. The highest BCUT2D eigenvalue weighted by molar-refractivity contribution is 5.95. The number of aromatic nitrogens is 7. The standard InChI is InChI=1S/C25H26F3N9O3/c1-39-13-19-18(12-36(32-19)11-16-3-6-22(29-9-16)35-8-7-25(27,28)14-35)24(38)30-10-17-20(37-15-31-33-34-37)4-5-21(40-2)23(17)26/h3-6,9,12,15H,7-8,10-11,13-14H2,1-2H3,(H,30,38). The maximum atomic E-state index is 15.1. The van der Waals surface area contributed by atoms with Crippen molar-refractivity contribution in [2.45, 2.75) is 32.0 Å². The first-order valence-corrected chi connectivity index (χ1v) is 12.3. The van der Waals surface area contributed by atoms with E-state index in [1.54, 1.807) is 40.2 Å². The van der Waals surface area contributed by atoms with Gasteiger partial charge in [-0.1, -0.05) is 6.07 Å². The summed E-state index contributed by atoms with van der Waals surface area (Å²) in [7, 11) is 2.83. The minimum atomic E-state index is -2.71. The van der Waals surface area contributed by atoms with E-state index in [4.69, 9.17) is 9.47 Å². The van der Waals surface area contributed by atoms with Crippen molar-refractivity contribution in [1.82, 2.24) is 40.3 Å². The molecule has 5 rings (SSSR count). The molecule has 4 heterocycles. The quantitative estimate of drug-likeness (QED) is 0.313. The molecule has 12 nitrogen and oxygen atoms in total. The van der Waals surface area contributed by atoms with E-state index in [-0.39, 0.29) is 56.1 Å². The van der Waals surface area contributed by atoms with Gasteiger partial charge in [0, 0.05) is 44.6 Å². The largest absolute Gasteiger partial charge is 0.494 e. The summed E-state index contributed by atoms with van der Waals surface area (Å²) in [4.78, 5) is 19.1. The van der Waals surface area contributed by atoms with E-state index in [9.17, 15) is 13.6 Å². The first-order chi connectivity index (χ1) is 19.3. The summed E-state index contributed by atoms with van der Waals surface area (Å²) in [6.07, 6.45) is 4.27. The molecule has 0 bridgehead atoms. The van der Waals surface area contributed by atoms with Crippen molar-refractivity contribution < 1.29 is 27.4 Å². The van der Waals surface area contributed by atoms with E-state index in [1.165, 1.54) is 31.3 Å². The maximum Gasteiger partial charge on any atom is 0.266 e. The third kappa shape index (κ3) is 5.73. The number of hydrogen-bond donors (Lipinski definition) is 1. The lowest BCUT2D eigenvalue weighted by Gasteiger charge is -2.17. The van der Waals surface area contributed by atoms with Crippen LogP contribution in [0.4, 0.5) is 19.0 Å². The molecule has 210 valence electrons. The van der Waals surface area contributed by atoms with Gasteiger partial charge in [0.15, 0.2) is 11.6 Å². The second kappa shape index (κ2) is 11.3. The molecule has 0 spiro atoms. The lowest BCUT2D eigenvalue weighted by Crippen LogP contribution is -2.25. The van der Waals surface area contributed by atoms with Crippen molar-refractivity contribution in [3.8, 4) is 11.4 Å². The minimum absolute atomic E-state index is 0.00652. The lowest BCUT2D eigenvalue weighted by atomic mass is 10.1. The number of carbonyl (C=O) groups excluding carboxylic acids is 1. The number of carbonyl (C=O) groups is 1. The van der Waals surface area contributed by atoms with Crippen LogP contribution in [0.2, 0.25) is 0 Å². The van der Waals surface area contributed by atoms with Crippen LogP contribution in [-0.4, -0.2) is 74.1 Å². The van der Waals surface area contributed by atoms with E-state index in [0.29, 0.717) is 17.2 Å². The van der Waals surface area contributed by atoms with E-state index >= 15 is 4.39 Å². The number of tetrazole rings is 1. The third-order valence-corrected chi connectivity index (χ3v) is 6.44. The Bertz CT molecular complexity index is 1480. The summed E-state index contributed by atoms with van der Waals surface area (Å²) in [6, 6.07) is 6.50. The van der Waals surface area contributed by atoms with Crippen molar-refractivity contribution in [2.24, 2.45) is 0 Å². The molecule has 0 radical (unpaired) electrons. The summed E-state index contributed by atoms with van der Waals surface area (Å²) < 4.78 is 55.4. The van der Waals surface area contributed by atoms with Crippen molar-refractivity contribution >= 4 is 11.7 Å². The SMILES string of the molecule is COCc1nn(Cc2ccc(N3CCC(F)(F)C3)nc2)cc1C(=O)NCc1c(-n2cnnn2)ccc(OC)c1F. The monoisotopic (exact) mass is 557 g/mol. The van der Waals surface area contributed by atoms with Crippen molar-refractivity contribution in [1.29, 1.82) is 0 Å². The molecule has 0 saturated carbocycles. The molecule has 1 N–H and O–H groups in total. The number of hydrogen-bond acceptors (Lipinski definition) is 9. The van der Waals surface area contributed by atoms with Gasteiger partial charge < -0.3 is 19.7 Å². The van der Waals surface area contributed by atoms with Gasteiger partial charge in [0.1, 0.15) is 17.8 Å². The number of halogens is 3.